The van der Waals surface area contributed by atoms with E-state index < -0.39 is 70.1 Å². The van der Waals surface area contributed by atoms with Gasteiger partial charge in [0.2, 0.25) is 0 Å². The Morgan fingerprint density at radius 1 is 1.00 bits per heavy atom. The first-order valence-corrected chi connectivity index (χ1v) is 10.7. The zero-order valence-corrected chi connectivity index (χ0v) is 18.8. The number of nitrogens with zero attached hydrogens (tertiary/aromatic N) is 3. The number of hydrogen-bond acceptors (Lipinski definition) is 14. The Labute approximate surface area is 206 Å². The lowest BCUT2D eigenvalue weighted by Gasteiger charge is -2.24. The highest BCUT2D eigenvalue weighted by Crippen LogP contribution is 2.38. The van der Waals surface area contributed by atoms with E-state index >= 15 is 0 Å². The highest BCUT2D eigenvalue weighted by molar-refractivity contribution is 5.70. The Kier molecular flexibility index (Phi) is 8.90. The molecule has 0 spiro atoms. The molecule has 18 nitrogen and oxygen atoms in total. The topological polar surface area (TPSA) is 239 Å². The number of fused-ring (bicyclic) bond motifs is 1. The quantitative estimate of drug-likeness (QED) is 0.162. The Morgan fingerprint density at radius 3 is 2.27 bits per heavy atom. The van der Waals surface area contributed by atoms with Gasteiger partial charge in [-0.3, -0.25) is 14.9 Å². The third-order valence-electron chi connectivity index (χ3n) is 5.78. The second-order valence-electron chi connectivity index (χ2n) is 8.01. The molecule has 3 rings (SSSR count). The first-order chi connectivity index (χ1) is 17.5. The molecule has 2 heterocycles. The molecule has 0 radical (unpaired) electrons. The minimum absolute atomic E-state index is 0.00483. The van der Waals surface area contributed by atoms with E-state index in [2.05, 4.69) is 9.68 Å². The van der Waals surface area contributed by atoms with Crippen LogP contribution in [0.4, 0.5) is 10.5 Å². The van der Waals surface area contributed by atoms with E-state index in [1.807, 2.05) is 0 Å². The summed E-state index contributed by atoms with van der Waals surface area (Å²) in [5.74, 6) is -3.12. The molecule has 1 aromatic rings. The fourth-order valence-corrected chi connectivity index (χ4v) is 4.14. The molecular formula is C19H21N3O15. The summed E-state index contributed by atoms with van der Waals surface area (Å²) in [7, 11) is 0. The Bertz CT molecular complexity index is 1020. The standard InChI is InChI=1S/C19H21N3O15/c23-18(24)13(6-5-12(37-22(30)31)7-34-21(28)29)14-8-32-17-15(9-33-16(14)17)36-19(25)35-11-3-1-10(2-4-11)20(26)27/h1-4,12-17H,5-9H2,(H,23,24)/t12-,13?,14-,15+,16-,17+/m1/s1. The average Bonchev–Trinajstić information content (AvgIpc) is 3.40. The van der Waals surface area contributed by atoms with Crippen molar-refractivity contribution in [1.29, 1.82) is 0 Å². The number of carboxylic acid groups (broad SMARTS) is 1. The molecule has 1 N–H and O–H groups in total. The van der Waals surface area contributed by atoms with Gasteiger partial charge in [0, 0.05) is 18.1 Å². The van der Waals surface area contributed by atoms with Crippen LogP contribution in [0.3, 0.4) is 0 Å². The second kappa shape index (κ2) is 12.1. The molecule has 202 valence electrons. The molecule has 0 aromatic heterocycles. The van der Waals surface area contributed by atoms with E-state index in [1.165, 1.54) is 12.1 Å². The van der Waals surface area contributed by atoms with E-state index in [0.29, 0.717) is 0 Å². The Hall–Kier alpha value is -4.32. The predicted molar refractivity (Wildman–Crippen MR) is 112 cm³/mol. The Morgan fingerprint density at radius 2 is 1.68 bits per heavy atom. The average molecular weight is 531 g/mol. The van der Waals surface area contributed by atoms with E-state index in [-0.39, 0.29) is 37.5 Å². The second-order valence-corrected chi connectivity index (χ2v) is 8.01. The molecule has 0 bridgehead atoms. The summed E-state index contributed by atoms with van der Waals surface area (Å²) in [6, 6.07) is 4.69. The van der Waals surface area contributed by atoms with Gasteiger partial charge in [0.05, 0.1) is 30.2 Å². The van der Waals surface area contributed by atoms with Gasteiger partial charge in [0.15, 0.2) is 6.10 Å². The molecule has 2 aliphatic rings. The van der Waals surface area contributed by atoms with Crippen molar-refractivity contribution in [3.63, 3.8) is 0 Å². The molecule has 2 aliphatic heterocycles. The normalized spacial score (nSPS) is 23.8. The van der Waals surface area contributed by atoms with Gasteiger partial charge in [0.1, 0.15) is 24.6 Å². The predicted octanol–water partition coefficient (Wildman–Crippen LogP) is 1.16. The number of carbonyl (C=O) groups is 2. The smallest absolute Gasteiger partial charge is 0.481 e. The summed E-state index contributed by atoms with van der Waals surface area (Å²) in [6.45, 7) is -0.982. The molecule has 18 heteroatoms. The first-order valence-electron chi connectivity index (χ1n) is 10.7. The SMILES string of the molecule is O=C(Oc1ccc([N+](=O)[O-])cc1)O[C@H]1CO[C@H]2[C@H]1OC[C@@H]2C(CC[C@H](CO[N+](=O)[O-])O[N+](=O)[O-])C(=O)O. The highest BCUT2D eigenvalue weighted by atomic mass is 17.0. The van der Waals surface area contributed by atoms with Gasteiger partial charge in [-0.05, 0) is 25.0 Å². The number of nitro benzene ring substituents is 1. The lowest BCUT2D eigenvalue weighted by molar-refractivity contribution is -0.790. The van der Waals surface area contributed by atoms with Crippen molar-refractivity contribution >= 4 is 17.8 Å². The van der Waals surface area contributed by atoms with Crippen molar-refractivity contribution in [2.24, 2.45) is 11.8 Å². The van der Waals surface area contributed by atoms with E-state index in [0.717, 1.165) is 12.1 Å². The number of nitro groups is 1. The number of carbonyl (C=O) groups excluding carboxylic acids is 1. The maximum absolute atomic E-state index is 12.2. The van der Waals surface area contributed by atoms with Gasteiger partial charge in [-0.1, -0.05) is 0 Å². The van der Waals surface area contributed by atoms with Crippen molar-refractivity contribution in [3.05, 3.63) is 54.6 Å². The van der Waals surface area contributed by atoms with Gasteiger partial charge in [-0.25, -0.2) is 4.79 Å². The number of hydrogen-bond donors (Lipinski definition) is 1. The van der Waals surface area contributed by atoms with Crippen molar-refractivity contribution in [1.82, 2.24) is 0 Å². The molecule has 2 fully saturated rings. The summed E-state index contributed by atoms with van der Waals surface area (Å²) in [5, 5.41) is 39.1. The van der Waals surface area contributed by atoms with Crippen LogP contribution in [-0.4, -0.2) is 76.6 Å². The zero-order chi connectivity index (χ0) is 27.1. The number of benzene rings is 1. The molecule has 1 aromatic carbocycles. The van der Waals surface area contributed by atoms with Gasteiger partial charge in [-0.15, -0.1) is 20.2 Å². The van der Waals surface area contributed by atoms with Crippen molar-refractivity contribution in [2.45, 2.75) is 37.3 Å². The van der Waals surface area contributed by atoms with Crippen molar-refractivity contribution in [2.75, 3.05) is 19.8 Å². The number of ether oxygens (including phenoxy) is 4. The largest absolute Gasteiger partial charge is 0.514 e. The van der Waals surface area contributed by atoms with Crippen LogP contribution in [-0.2, 0) is 28.7 Å². The monoisotopic (exact) mass is 531 g/mol. The summed E-state index contributed by atoms with van der Waals surface area (Å²) in [4.78, 5) is 63.6. The van der Waals surface area contributed by atoms with Crippen molar-refractivity contribution < 1.29 is 58.4 Å². The molecule has 0 saturated carbocycles. The minimum atomic E-state index is -1.38. The highest BCUT2D eigenvalue weighted by Gasteiger charge is 2.53. The number of rotatable bonds is 13. The third-order valence-corrected chi connectivity index (χ3v) is 5.78. The van der Waals surface area contributed by atoms with Crippen LogP contribution in [0, 0.1) is 42.2 Å². The Balaban J connectivity index is 1.56. The lowest BCUT2D eigenvalue weighted by Crippen LogP contribution is -2.37. The molecule has 0 aliphatic carbocycles. The number of aliphatic carboxylic acids is 1. The number of carboxylic acids is 1. The third kappa shape index (κ3) is 7.34. The van der Waals surface area contributed by atoms with Crippen LogP contribution >= 0.6 is 0 Å². The van der Waals surface area contributed by atoms with Crippen LogP contribution < -0.4 is 4.74 Å². The van der Waals surface area contributed by atoms with E-state index in [4.69, 9.17) is 18.9 Å². The maximum atomic E-state index is 12.2. The van der Waals surface area contributed by atoms with Gasteiger partial charge in [-0.2, -0.15) is 0 Å². The summed E-state index contributed by atoms with van der Waals surface area (Å²) in [5.41, 5.74) is -0.201. The van der Waals surface area contributed by atoms with Crippen LogP contribution in [0.15, 0.2) is 24.3 Å². The van der Waals surface area contributed by atoms with E-state index in [1.54, 1.807) is 0 Å². The summed E-state index contributed by atoms with van der Waals surface area (Å²) in [6.07, 6.45) is -5.48. The molecule has 2 saturated heterocycles. The summed E-state index contributed by atoms with van der Waals surface area (Å²) >= 11 is 0. The maximum Gasteiger partial charge on any atom is 0.514 e. The van der Waals surface area contributed by atoms with Crippen LogP contribution in [0.2, 0.25) is 0 Å². The number of non-ortho nitro benzene ring substituents is 1. The molecule has 1 unspecified atom stereocenters. The van der Waals surface area contributed by atoms with Gasteiger partial charge in [0.25, 0.3) is 15.9 Å². The first kappa shape index (κ1) is 27.3. The fraction of sp³-hybridized carbons (Fsp3) is 0.579. The fourth-order valence-electron chi connectivity index (χ4n) is 4.14. The van der Waals surface area contributed by atoms with E-state index in [9.17, 15) is 45.0 Å². The molecule has 0 amide bonds. The van der Waals surface area contributed by atoms with Gasteiger partial charge >= 0.3 is 12.1 Å². The molecule has 37 heavy (non-hydrogen) atoms. The van der Waals surface area contributed by atoms with Crippen LogP contribution in [0.1, 0.15) is 12.8 Å². The van der Waals surface area contributed by atoms with Crippen LogP contribution in [0.5, 0.6) is 5.75 Å². The summed E-state index contributed by atoms with van der Waals surface area (Å²) < 4.78 is 21.5. The zero-order valence-electron chi connectivity index (χ0n) is 18.8. The van der Waals surface area contributed by atoms with Crippen molar-refractivity contribution in [3.8, 4) is 5.75 Å². The van der Waals surface area contributed by atoms with Gasteiger partial charge < -0.3 is 33.7 Å². The lowest BCUT2D eigenvalue weighted by atomic mass is 9.84. The minimum Gasteiger partial charge on any atom is -0.481 e. The molecular weight excluding hydrogens is 510 g/mol. The molecule has 6 atom stereocenters. The van der Waals surface area contributed by atoms with Crippen LogP contribution in [0.25, 0.3) is 0 Å².